The molecule has 3 heteroatoms. The normalized spacial score (nSPS) is 21.2. The van der Waals surface area contributed by atoms with Gasteiger partial charge in [-0.25, -0.2) is 0 Å². The molecule has 0 saturated carbocycles. The largest absolute Gasteiger partial charge is 0.375 e. The molecule has 1 heterocycles. The number of hydrogen-bond acceptors (Lipinski definition) is 2. The Kier molecular flexibility index (Phi) is 5.77. The molecule has 21 heavy (non-hydrogen) atoms. The van der Waals surface area contributed by atoms with Crippen LogP contribution >= 0.6 is 12.2 Å². The van der Waals surface area contributed by atoms with E-state index in [9.17, 15) is 0 Å². The fraction of sp³-hybridized carbons (Fsp3) is 0.611. The van der Waals surface area contributed by atoms with Crippen LogP contribution in [0, 0.1) is 0 Å². The van der Waals surface area contributed by atoms with Crippen LogP contribution in [0.1, 0.15) is 51.2 Å². The summed E-state index contributed by atoms with van der Waals surface area (Å²) < 4.78 is 0. The maximum absolute atomic E-state index is 5.51. The molecule has 0 fully saturated rings. The summed E-state index contributed by atoms with van der Waals surface area (Å²) in [4.78, 5) is 3.44. The van der Waals surface area contributed by atoms with Crippen LogP contribution < -0.4 is 5.32 Å². The van der Waals surface area contributed by atoms with Crippen molar-refractivity contribution in [3.8, 4) is 0 Å². The second kappa shape index (κ2) is 7.37. The molecule has 1 unspecified atom stereocenters. The number of hydrogen-bond donors (Lipinski definition) is 1. The standard InChI is InChI=1S/C18H28N2S/c1-4-11-18(12-13-20(5-2)6-3)14-19-17(21)15-9-7-8-10-16(15)18/h7-10H,4-6,11-14H2,1-3H3,(H,19,21). The molecule has 0 aromatic heterocycles. The zero-order valence-electron chi connectivity index (χ0n) is 13.6. The first-order chi connectivity index (χ1) is 10.2. The van der Waals surface area contributed by atoms with Gasteiger partial charge in [-0.1, -0.05) is 63.7 Å². The highest BCUT2D eigenvalue weighted by Gasteiger charge is 2.37. The van der Waals surface area contributed by atoms with Crippen molar-refractivity contribution < 1.29 is 0 Å². The number of benzene rings is 1. The van der Waals surface area contributed by atoms with Crippen LogP contribution in [-0.2, 0) is 5.41 Å². The monoisotopic (exact) mass is 304 g/mol. The molecule has 0 bridgehead atoms. The minimum absolute atomic E-state index is 0.232. The number of rotatable bonds is 7. The minimum Gasteiger partial charge on any atom is -0.375 e. The van der Waals surface area contributed by atoms with Crippen LogP contribution in [0.25, 0.3) is 0 Å². The summed E-state index contributed by atoms with van der Waals surface area (Å²) >= 11 is 5.51. The summed E-state index contributed by atoms with van der Waals surface area (Å²) in [5.74, 6) is 0. The van der Waals surface area contributed by atoms with E-state index in [1.165, 1.54) is 30.4 Å². The van der Waals surface area contributed by atoms with Crippen LogP contribution in [-0.4, -0.2) is 36.1 Å². The maximum Gasteiger partial charge on any atom is 0.106 e. The zero-order chi connectivity index (χ0) is 15.3. The Morgan fingerprint density at radius 1 is 1.14 bits per heavy atom. The topological polar surface area (TPSA) is 15.3 Å². The summed E-state index contributed by atoms with van der Waals surface area (Å²) in [7, 11) is 0. The fourth-order valence-corrected chi connectivity index (χ4v) is 3.80. The first kappa shape index (κ1) is 16.4. The van der Waals surface area contributed by atoms with Crippen molar-refractivity contribution in [1.82, 2.24) is 10.2 Å². The van der Waals surface area contributed by atoms with Gasteiger partial charge in [-0.3, -0.25) is 0 Å². The van der Waals surface area contributed by atoms with Crippen molar-refractivity contribution in [2.45, 2.75) is 45.4 Å². The highest BCUT2D eigenvalue weighted by Crippen LogP contribution is 2.37. The Balaban J connectivity index is 2.30. The molecule has 2 rings (SSSR count). The van der Waals surface area contributed by atoms with Crippen molar-refractivity contribution in [3.63, 3.8) is 0 Å². The molecule has 1 aliphatic heterocycles. The Morgan fingerprint density at radius 3 is 2.52 bits per heavy atom. The van der Waals surface area contributed by atoms with Gasteiger partial charge in [-0.2, -0.15) is 0 Å². The smallest absolute Gasteiger partial charge is 0.106 e. The summed E-state index contributed by atoms with van der Waals surface area (Å²) in [6.45, 7) is 11.2. The maximum atomic E-state index is 5.51. The van der Waals surface area contributed by atoms with Gasteiger partial charge < -0.3 is 10.2 Å². The van der Waals surface area contributed by atoms with Gasteiger partial charge in [0, 0.05) is 17.5 Å². The van der Waals surface area contributed by atoms with E-state index in [1.807, 2.05) is 0 Å². The lowest BCUT2D eigenvalue weighted by Crippen LogP contribution is -2.48. The highest BCUT2D eigenvalue weighted by molar-refractivity contribution is 7.80. The van der Waals surface area contributed by atoms with Gasteiger partial charge in [0.2, 0.25) is 0 Å². The lowest BCUT2D eigenvalue weighted by Gasteiger charge is -2.41. The Hall–Kier alpha value is -0.930. The van der Waals surface area contributed by atoms with Crippen LogP contribution in [0.3, 0.4) is 0 Å². The second-order valence-electron chi connectivity index (χ2n) is 6.04. The molecular weight excluding hydrogens is 276 g/mol. The van der Waals surface area contributed by atoms with E-state index < -0.39 is 0 Å². The predicted molar refractivity (Wildman–Crippen MR) is 95.1 cm³/mol. The molecule has 1 aromatic rings. The molecule has 1 aliphatic rings. The summed E-state index contributed by atoms with van der Waals surface area (Å²) in [5.41, 5.74) is 2.94. The third-order valence-electron chi connectivity index (χ3n) is 4.86. The van der Waals surface area contributed by atoms with E-state index in [4.69, 9.17) is 12.2 Å². The van der Waals surface area contributed by atoms with Crippen molar-refractivity contribution in [3.05, 3.63) is 35.4 Å². The molecule has 1 aromatic carbocycles. The van der Waals surface area contributed by atoms with E-state index in [2.05, 4.69) is 55.3 Å². The third kappa shape index (κ3) is 3.46. The van der Waals surface area contributed by atoms with Gasteiger partial charge in [0.05, 0.1) is 0 Å². The number of nitrogens with one attached hydrogen (secondary N) is 1. The Bertz CT molecular complexity index is 482. The van der Waals surface area contributed by atoms with Gasteiger partial charge >= 0.3 is 0 Å². The second-order valence-corrected chi connectivity index (χ2v) is 6.44. The quantitative estimate of drug-likeness (QED) is 0.773. The molecule has 0 spiro atoms. The zero-order valence-corrected chi connectivity index (χ0v) is 14.4. The van der Waals surface area contributed by atoms with Gasteiger partial charge in [0.1, 0.15) is 4.99 Å². The molecule has 2 nitrogen and oxygen atoms in total. The average Bonchev–Trinajstić information content (AvgIpc) is 2.52. The van der Waals surface area contributed by atoms with E-state index in [0.717, 1.165) is 31.2 Å². The number of thiocarbonyl (C=S) groups is 1. The van der Waals surface area contributed by atoms with Crippen molar-refractivity contribution in [1.29, 1.82) is 0 Å². The highest BCUT2D eigenvalue weighted by atomic mass is 32.1. The molecule has 0 aliphatic carbocycles. The minimum atomic E-state index is 0.232. The van der Waals surface area contributed by atoms with Crippen molar-refractivity contribution in [2.75, 3.05) is 26.2 Å². The van der Waals surface area contributed by atoms with Crippen molar-refractivity contribution >= 4 is 17.2 Å². The van der Waals surface area contributed by atoms with Gasteiger partial charge in [-0.15, -0.1) is 0 Å². The summed E-state index contributed by atoms with van der Waals surface area (Å²) in [5, 5.41) is 3.49. The fourth-order valence-electron chi connectivity index (χ4n) is 3.55. The van der Waals surface area contributed by atoms with Gasteiger partial charge in [0.15, 0.2) is 0 Å². The Morgan fingerprint density at radius 2 is 1.86 bits per heavy atom. The van der Waals surface area contributed by atoms with Gasteiger partial charge in [0.25, 0.3) is 0 Å². The molecule has 0 amide bonds. The Labute approximate surface area is 134 Å². The average molecular weight is 305 g/mol. The van der Waals surface area contributed by atoms with Crippen molar-refractivity contribution in [2.24, 2.45) is 0 Å². The first-order valence-corrected chi connectivity index (χ1v) is 8.67. The molecule has 1 N–H and O–H groups in total. The molecule has 116 valence electrons. The molecule has 0 radical (unpaired) electrons. The van der Waals surface area contributed by atoms with E-state index in [1.54, 1.807) is 0 Å². The lowest BCUT2D eigenvalue weighted by molar-refractivity contribution is 0.245. The predicted octanol–water partition coefficient (Wildman–Crippen LogP) is 3.74. The summed E-state index contributed by atoms with van der Waals surface area (Å²) in [6.07, 6.45) is 3.64. The van der Waals surface area contributed by atoms with E-state index in [0.29, 0.717) is 0 Å². The lowest BCUT2D eigenvalue weighted by atomic mass is 9.70. The molecule has 1 atom stereocenters. The number of nitrogens with zero attached hydrogens (tertiary/aromatic N) is 1. The van der Waals surface area contributed by atoms with Crippen LogP contribution in [0.15, 0.2) is 24.3 Å². The SMILES string of the molecule is CCCC1(CCN(CC)CC)CNC(=S)c2ccccc21. The first-order valence-electron chi connectivity index (χ1n) is 8.27. The van der Waals surface area contributed by atoms with E-state index in [-0.39, 0.29) is 5.41 Å². The van der Waals surface area contributed by atoms with Crippen LogP contribution in [0.2, 0.25) is 0 Å². The third-order valence-corrected chi connectivity index (χ3v) is 5.22. The number of fused-ring (bicyclic) bond motifs is 1. The molecule has 0 saturated heterocycles. The van der Waals surface area contributed by atoms with Crippen LogP contribution in [0.4, 0.5) is 0 Å². The van der Waals surface area contributed by atoms with E-state index >= 15 is 0 Å². The summed E-state index contributed by atoms with van der Waals surface area (Å²) in [6, 6.07) is 8.72. The molecular formula is C18H28N2S. The van der Waals surface area contributed by atoms with Crippen LogP contribution in [0.5, 0.6) is 0 Å². The van der Waals surface area contributed by atoms with Gasteiger partial charge in [-0.05, 0) is 38.0 Å².